The van der Waals surface area contributed by atoms with Crippen LogP contribution in [0.2, 0.25) is 0 Å². The molecule has 0 unspecified atom stereocenters. The van der Waals surface area contributed by atoms with E-state index in [1.165, 1.54) is 25.7 Å². The lowest BCUT2D eigenvalue weighted by Gasteiger charge is -2.12. The third-order valence-corrected chi connectivity index (χ3v) is 2.98. The van der Waals surface area contributed by atoms with E-state index in [0.29, 0.717) is 0 Å². The van der Waals surface area contributed by atoms with Crippen LogP contribution in [0.1, 0.15) is 32.1 Å². The molecule has 0 spiro atoms. The van der Waals surface area contributed by atoms with E-state index in [9.17, 15) is 0 Å². The van der Waals surface area contributed by atoms with E-state index in [1.54, 1.807) is 10.3 Å². The van der Waals surface area contributed by atoms with E-state index in [-0.39, 0.29) is 0 Å². The highest BCUT2D eigenvalue weighted by atomic mass is 15.3. The molecule has 0 saturated heterocycles. The zero-order chi connectivity index (χ0) is 11.4. The van der Waals surface area contributed by atoms with E-state index < -0.39 is 0 Å². The molecule has 2 rings (SSSR count). The molecule has 4 heteroatoms. The monoisotopic (exact) mass is 220 g/mol. The maximum atomic E-state index is 5.80. The Bertz CT molecular complexity index is 378. The third-order valence-electron chi connectivity index (χ3n) is 2.98. The van der Waals surface area contributed by atoms with Crippen LogP contribution >= 0.6 is 0 Å². The first-order chi connectivity index (χ1) is 7.75. The topological polar surface area (TPSA) is 55.9 Å². The Hall–Kier alpha value is -1.45. The summed E-state index contributed by atoms with van der Waals surface area (Å²) in [6.45, 7) is 0.924. The van der Waals surface area contributed by atoms with E-state index in [2.05, 4.69) is 16.5 Å². The van der Waals surface area contributed by atoms with Crippen molar-refractivity contribution in [3.8, 4) is 0 Å². The molecule has 0 fully saturated rings. The largest absolute Gasteiger partial charge is 0.394 e. The first-order valence-electron chi connectivity index (χ1n) is 5.96. The van der Waals surface area contributed by atoms with Crippen molar-refractivity contribution in [3.63, 3.8) is 0 Å². The van der Waals surface area contributed by atoms with Gasteiger partial charge in [-0.1, -0.05) is 11.6 Å². The summed E-state index contributed by atoms with van der Waals surface area (Å²) >= 11 is 0. The van der Waals surface area contributed by atoms with Crippen LogP contribution in [0.5, 0.6) is 0 Å². The summed E-state index contributed by atoms with van der Waals surface area (Å²) < 4.78 is 1.73. The second-order valence-corrected chi connectivity index (χ2v) is 4.39. The number of rotatable bonds is 4. The lowest BCUT2D eigenvalue weighted by Crippen LogP contribution is -2.06. The van der Waals surface area contributed by atoms with Crippen LogP contribution in [0.4, 0.5) is 11.5 Å². The van der Waals surface area contributed by atoms with Crippen molar-refractivity contribution in [3.05, 3.63) is 17.8 Å². The van der Waals surface area contributed by atoms with E-state index in [0.717, 1.165) is 24.5 Å². The van der Waals surface area contributed by atoms with E-state index in [1.807, 2.05) is 13.2 Å². The molecule has 0 bridgehead atoms. The van der Waals surface area contributed by atoms with Crippen LogP contribution in [0, 0.1) is 0 Å². The van der Waals surface area contributed by atoms with Crippen LogP contribution in [-0.4, -0.2) is 16.3 Å². The average molecular weight is 220 g/mol. The molecule has 88 valence electrons. The highest BCUT2D eigenvalue weighted by Gasteiger charge is 2.05. The Balaban J connectivity index is 1.79. The Morgan fingerprint density at radius 1 is 1.50 bits per heavy atom. The highest BCUT2D eigenvalue weighted by molar-refractivity contribution is 5.59. The predicted molar refractivity (Wildman–Crippen MR) is 67.3 cm³/mol. The molecule has 3 N–H and O–H groups in total. The SMILES string of the molecule is Cn1cc(N)c(NCCC2=CCCCC2)n1. The molecule has 0 amide bonds. The summed E-state index contributed by atoms with van der Waals surface area (Å²) in [5.74, 6) is 0.805. The average Bonchev–Trinajstić information content (AvgIpc) is 2.59. The summed E-state index contributed by atoms with van der Waals surface area (Å²) in [5, 5.41) is 7.54. The first kappa shape index (κ1) is 11.0. The molecular weight excluding hydrogens is 200 g/mol. The lowest BCUT2D eigenvalue weighted by atomic mass is 9.97. The molecule has 1 aliphatic rings. The van der Waals surface area contributed by atoms with Gasteiger partial charge in [-0.25, -0.2) is 0 Å². The highest BCUT2D eigenvalue weighted by Crippen LogP contribution is 2.20. The van der Waals surface area contributed by atoms with Crippen LogP contribution in [-0.2, 0) is 7.05 Å². The zero-order valence-electron chi connectivity index (χ0n) is 9.87. The molecule has 4 nitrogen and oxygen atoms in total. The third kappa shape index (κ3) is 2.78. The van der Waals surface area contributed by atoms with Crippen molar-refractivity contribution < 1.29 is 0 Å². The van der Waals surface area contributed by atoms with Gasteiger partial charge in [-0.15, -0.1) is 0 Å². The van der Waals surface area contributed by atoms with Crippen molar-refractivity contribution in [1.29, 1.82) is 0 Å². The second-order valence-electron chi connectivity index (χ2n) is 4.39. The van der Waals surface area contributed by atoms with Crippen LogP contribution < -0.4 is 11.1 Å². The van der Waals surface area contributed by atoms with Gasteiger partial charge >= 0.3 is 0 Å². The maximum Gasteiger partial charge on any atom is 0.171 e. The van der Waals surface area contributed by atoms with Gasteiger partial charge in [0.05, 0.1) is 5.69 Å². The zero-order valence-corrected chi connectivity index (χ0v) is 9.87. The van der Waals surface area contributed by atoms with E-state index in [4.69, 9.17) is 5.73 Å². The van der Waals surface area contributed by atoms with Gasteiger partial charge in [0, 0.05) is 19.8 Å². The molecule has 0 atom stereocenters. The number of anilines is 2. The fourth-order valence-electron chi connectivity index (χ4n) is 2.12. The number of nitrogens with zero attached hydrogens (tertiary/aromatic N) is 2. The molecule has 0 aliphatic heterocycles. The van der Waals surface area contributed by atoms with Crippen molar-refractivity contribution in [2.45, 2.75) is 32.1 Å². The number of allylic oxidation sites excluding steroid dienone is 1. The van der Waals surface area contributed by atoms with Gasteiger partial charge in [0.1, 0.15) is 0 Å². The maximum absolute atomic E-state index is 5.80. The van der Waals surface area contributed by atoms with Crippen molar-refractivity contribution in [2.75, 3.05) is 17.6 Å². The molecular formula is C12H20N4. The number of aryl methyl sites for hydroxylation is 1. The summed E-state index contributed by atoms with van der Waals surface area (Å²) in [4.78, 5) is 0. The lowest BCUT2D eigenvalue weighted by molar-refractivity contribution is 0.679. The number of hydrogen-bond acceptors (Lipinski definition) is 3. The minimum absolute atomic E-state index is 0.722. The van der Waals surface area contributed by atoms with Gasteiger partial charge < -0.3 is 11.1 Å². The Labute approximate surface area is 96.5 Å². The summed E-state index contributed by atoms with van der Waals surface area (Å²) in [6, 6.07) is 0. The van der Waals surface area contributed by atoms with Gasteiger partial charge in [0.25, 0.3) is 0 Å². The van der Waals surface area contributed by atoms with Gasteiger partial charge in [0.2, 0.25) is 0 Å². The van der Waals surface area contributed by atoms with Gasteiger partial charge in [-0.2, -0.15) is 5.10 Å². The summed E-state index contributed by atoms with van der Waals surface area (Å²) in [5.41, 5.74) is 8.10. The van der Waals surface area contributed by atoms with Gasteiger partial charge in [-0.3, -0.25) is 4.68 Å². The smallest absolute Gasteiger partial charge is 0.171 e. The van der Waals surface area contributed by atoms with Crippen molar-refractivity contribution >= 4 is 11.5 Å². The fraction of sp³-hybridized carbons (Fsp3) is 0.583. The van der Waals surface area contributed by atoms with E-state index >= 15 is 0 Å². The van der Waals surface area contributed by atoms with Crippen molar-refractivity contribution in [1.82, 2.24) is 9.78 Å². The standard InChI is InChI=1S/C12H20N4/c1-16-9-11(13)12(15-16)14-8-7-10-5-3-2-4-6-10/h5,9H,2-4,6-8,13H2,1H3,(H,14,15). The fourth-order valence-corrected chi connectivity index (χ4v) is 2.12. The molecule has 1 aromatic heterocycles. The Morgan fingerprint density at radius 2 is 2.38 bits per heavy atom. The normalized spacial score (nSPS) is 15.9. The minimum Gasteiger partial charge on any atom is -0.394 e. The van der Waals surface area contributed by atoms with Gasteiger partial charge in [0.15, 0.2) is 5.82 Å². The number of nitrogens with one attached hydrogen (secondary N) is 1. The molecule has 0 radical (unpaired) electrons. The molecule has 16 heavy (non-hydrogen) atoms. The predicted octanol–water partition coefficient (Wildman–Crippen LogP) is 2.30. The molecule has 1 aliphatic carbocycles. The van der Waals surface area contributed by atoms with Crippen molar-refractivity contribution in [2.24, 2.45) is 7.05 Å². The molecule has 1 aromatic rings. The Kier molecular flexibility index (Phi) is 3.49. The summed E-state index contributed by atoms with van der Waals surface area (Å²) in [6.07, 6.45) is 10.5. The number of nitrogen functional groups attached to an aromatic ring is 1. The van der Waals surface area contributed by atoms with Gasteiger partial charge in [-0.05, 0) is 32.1 Å². The number of nitrogens with two attached hydrogens (primary N) is 1. The quantitative estimate of drug-likeness (QED) is 0.765. The number of aromatic nitrogens is 2. The molecule has 0 saturated carbocycles. The molecule has 1 heterocycles. The molecule has 0 aromatic carbocycles. The second kappa shape index (κ2) is 5.05. The Morgan fingerprint density at radius 3 is 3.00 bits per heavy atom. The van der Waals surface area contributed by atoms with Crippen LogP contribution in [0.3, 0.4) is 0 Å². The minimum atomic E-state index is 0.722. The van der Waals surface area contributed by atoms with Crippen LogP contribution in [0.15, 0.2) is 17.8 Å². The van der Waals surface area contributed by atoms with Crippen LogP contribution in [0.25, 0.3) is 0 Å². The summed E-state index contributed by atoms with van der Waals surface area (Å²) in [7, 11) is 1.88. The first-order valence-corrected chi connectivity index (χ1v) is 5.96. The number of hydrogen-bond donors (Lipinski definition) is 2.